The normalized spacial score (nSPS) is 16.7. The molecular weight excluding hydrogens is 499 g/mol. The molecule has 1 aromatic heterocycles. The molecule has 0 bridgehead atoms. The molecule has 194 valence electrons. The number of halogens is 2. The van der Waals surface area contributed by atoms with Crippen LogP contribution in [0.1, 0.15) is 37.4 Å². The standard InChI is InChI=1S/C28H34ClFN2O3S/c1-34-20-3-6-22(7-4-20)36-16-15-32-13-11-28(19-33,12-14-32)10-9-25(30)27-23-17-21(35-2)5-8-26(23)31-18-24(27)29/h3-8,17-18,25,33H,9-16,19H2,1-2H3. The largest absolute Gasteiger partial charge is 0.497 e. The van der Waals surface area contributed by atoms with Crippen LogP contribution in [0.4, 0.5) is 4.39 Å². The van der Waals surface area contributed by atoms with Gasteiger partial charge in [-0.15, -0.1) is 11.8 Å². The minimum absolute atomic E-state index is 0.0762. The first-order valence-electron chi connectivity index (χ1n) is 12.3. The van der Waals surface area contributed by atoms with Gasteiger partial charge >= 0.3 is 0 Å². The number of aromatic nitrogens is 1. The summed E-state index contributed by atoms with van der Waals surface area (Å²) in [6.45, 7) is 2.89. The zero-order valence-corrected chi connectivity index (χ0v) is 22.5. The molecule has 0 spiro atoms. The van der Waals surface area contributed by atoms with Crippen molar-refractivity contribution in [2.75, 3.05) is 46.2 Å². The van der Waals surface area contributed by atoms with Crippen molar-refractivity contribution in [1.82, 2.24) is 9.88 Å². The average molecular weight is 533 g/mol. The van der Waals surface area contributed by atoms with Crippen molar-refractivity contribution in [2.45, 2.75) is 36.8 Å². The van der Waals surface area contributed by atoms with Crippen LogP contribution in [0.15, 0.2) is 53.6 Å². The molecule has 1 atom stereocenters. The van der Waals surface area contributed by atoms with Crippen molar-refractivity contribution in [1.29, 1.82) is 0 Å². The number of alkyl halides is 1. The third-order valence-electron chi connectivity index (χ3n) is 7.30. The molecular formula is C28H34ClFN2O3S. The summed E-state index contributed by atoms with van der Waals surface area (Å²) in [5, 5.41) is 11.3. The van der Waals surface area contributed by atoms with Crippen LogP contribution in [0.25, 0.3) is 10.9 Å². The molecule has 5 nitrogen and oxygen atoms in total. The van der Waals surface area contributed by atoms with E-state index in [0.29, 0.717) is 40.1 Å². The SMILES string of the molecule is COc1ccc(SCCN2CCC(CO)(CCC(F)c3c(Cl)cnc4ccc(OC)cc34)CC2)cc1. The maximum absolute atomic E-state index is 15.6. The first kappa shape index (κ1) is 27.0. The molecule has 1 aliphatic rings. The first-order valence-corrected chi connectivity index (χ1v) is 13.7. The number of piperidine rings is 1. The molecule has 36 heavy (non-hydrogen) atoms. The molecule has 0 saturated carbocycles. The van der Waals surface area contributed by atoms with Gasteiger partial charge in [0.05, 0.1) is 24.8 Å². The fourth-order valence-corrected chi connectivity index (χ4v) is 6.08. The fraction of sp³-hybridized carbons (Fsp3) is 0.464. The molecule has 8 heteroatoms. The average Bonchev–Trinajstić information content (AvgIpc) is 2.92. The molecule has 3 aromatic rings. The van der Waals surface area contributed by atoms with E-state index in [9.17, 15) is 5.11 Å². The van der Waals surface area contributed by atoms with E-state index in [1.807, 2.05) is 36.0 Å². The number of methoxy groups -OCH3 is 2. The monoisotopic (exact) mass is 532 g/mol. The highest BCUT2D eigenvalue weighted by Crippen LogP contribution is 2.42. The van der Waals surface area contributed by atoms with Gasteiger partial charge in [-0.2, -0.15) is 0 Å². The van der Waals surface area contributed by atoms with Crippen LogP contribution in [-0.4, -0.2) is 61.2 Å². The van der Waals surface area contributed by atoms with Gasteiger partial charge in [0.1, 0.15) is 17.7 Å². The lowest BCUT2D eigenvalue weighted by atomic mass is 9.74. The second-order valence-corrected chi connectivity index (χ2v) is 11.0. The molecule has 4 rings (SSSR count). The van der Waals surface area contributed by atoms with Gasteiger partial charge in [0.15, 0.2) is 0 Å². The number of thioether (sulfide) groups is 1. The zero-order valence-electron chi connectivity index (χ0n) is 20.9. The van der Waals surface area contributed by atoms with Crippen molar-refractivity contribution in [3.63, 3.8) is 0 Å². The lowest BCUT2D eigenvalue weighted by molar-refractivity contribution is 0.0323. The van der Waals surface area contributed by atoms with Gasteiger partial charge in [-0.25, -0.2) is 4.39 Å². The maximum atomic E-state index is 15.6. The van der Waals surface area contributed by atoms with Gasteiger partial charge < -0.3 is 19.5 Å². The molecule has 2 aromatic carbocycles. The highest BCUT2D eigenvalue weighted by molar-refractivity contribution is 7.99. The molecule has 0 aliphatic carbocycles. The zero-order chi connectivity index (χ0) is 25.5. The van der Waals surface area contributed by atoms with Crippen LogP contribution in [0, 0.1) is 5.41 Å². The smallest absolute Gasteiger partial charge is 0.127 e. The van der Waals surface area contributed by atoms with E-state index in [1.165, 1.54) is 11.1 Å². The van der Waals surface area contributed by atoms with E-state index in [0.717, 1.165) is 44.0 Å². The summed E-state index contributed by atoms with van der Waals surface area (Å²) in [7, 11) is 3.26. The van der Waals surface area contributed by atoms with Crippen LogP contribution >= 0.6 is 23.4 Å². The van der Waals surface area contributed by atoms with Crippen molar-refractivity contribution in [3.8, 4) is 11.5 Å². The Morgan fingerprint density at radius 3 is 2.47 bits per heavy atom. The third kappa shape index (κ3) is 6.43. The molecule has 1 unspecified atom stereocenters. The number of hydrogen-bond donors (Lipinski definition) is 1. The summed E-state index contributed by atoms with van der Waals surface area (Å²) in [5.41, 5.74) is 0.897. The summed E-state index contributed by atoms with van der Waals surface area (Å²) in [6.07, 6.45) is 2.93. The minimum atomic E-state index is -1.24. The highest BCUT2D eigenvalue weighted by Gasteiger charge is 2.35. The minimum Gasteiger partial charge on any atom is -0.497 e. The Kier molecular flexibility index (Phi) is 9.34. The number of pyridine rings is 1. The topological polar surface area (TPSA) is 54.8 Å². The second kappa shape index (κ2) is 12.5. The second-order valence-electron chi connectivity index (χ2n) is 9.43. The van der Waals surface area contributed by atoms with E-state index >= 15 is 4.39 Å². The predicted octanol–water partition coefficient (Wildman–Crippen LogP) is 6.56. The summed E-state index contributed by atoms with van der Waals surface area (Å²) < 4.78 is 26.2. The van der Waals surface area contributed by atoms with Crippen LogP contribution in [0.3, 0.4) is 0 Å². The van der Waals surface area contributed by atoms with Gasteiger partial charge in [0, 0.05) is 40.9 Å². The van der Waals surface area contributed by atoms with E-state index in [2.05, 4.69) is 22.0 Å². The Labute approximate surface area is 222 Å². The molecule has 0 radical (unpaired) electrons. The van der Waals surface area contributed by atoms with E-state index in [4.69, 9.17) is 21.1 Å². The van der Waals surface area contributed by atoms with Gasteiger partial charge in [0.2, 0.25) is 0 Å². The number of likely N-dealkylation sites (tertiary alicyclic amines) is 1. The first-order chi connectivity index (χ1) is 17.5. The van der Waals surface area contributed by atoms with Crippen molar-refractivity contribution in [3.05, 3.63) is 59.2 Å². The van der Waals surface area contributed by atoms with Crippen LogP contribution < -0.4 is 9.47 Å². The Bertz CT molecular complexity index is 1140. The van der Waals surface area contributed by atoms with E-state index in [-0.39, 0.29) is 12.0 Å². The third-order valence-corrected chi connectivity index (χ3v) is 8.59. The molecule has 1 saturated heterocycles. The molecule has 0 amide bonds. The summed E-state index contributed by atoms with van der Waals surface area (Å²) >= 11 is 8.24. The highest BCUT2D eigenvalue weighted by atomic mass is 35.5. The molecule has 2 heterocycles. The number of fused-ring (bicyclic) bond motifs is 1. The lowest BCUT2D eigenvalue weighted by Gasteiger charge is -2.41. The van der Waals surface area contributed by atoms with Gasteiger partial charge in [0.25, 0.3) is 0 Å². The van der Waals surface area contributed by atoms with Gasteiger partial charge in [-0.05, 0) is 86.7 Å². The van der Waals surface area contributed by atoms with Gasteiger partial charge in [-0.3, -0.25) is 4.98 Å². The lowest BCUT2D eigenvalue weighted by Crippen LogP contribution is -2.42. The van der Waals surface area contributed by atoms with Crippen LogP contribution in [-0.2, 0) is 0 Å². The Balaban J connectivity index is 1.31. The van der Waals surface area contributed by atoms with Crippen molar-refractivity contribution >= 4 is 34.3 Å². The number of nitrogens with zero attached hydrogens (tertiary/aromatic N) is 2. The van der Waals surface area contributed by atoms with Gasteiger partial charge in [-0.1, -0.05) is 11.6 Å². The Morgan fingerprint density at radius 1 is 1.11 bits per heavy atom. The molecule has 1 fully saturated rings. The Hall–Kier alpha value is -2.06. The number of rotatable bonds is 11. The summed E-state index contributed by atoms with van der Waals surface area (Å²) in [5.74, 6) is 2.51. The van der Waals surface area contributed by atoms with Crippen molar-refractivity contribution < 1.29 is 19.0 Å². The van der Waals surface area contributed by atoms with E-state index < -0.39 is 6.17 Å². The van der Waals surface area contributed by atoms with E-state index in [1.54, 1.807) is 20.3 Å². The predicted molar refractivity (Wildman–Crippen MR) is 145 cm³/mol. The molecule has 1 N–H and O–H groups in total. The quantitative estimate of drug-likeness (QED) is 0.282. The van der Waals surface area contributed by atoms with Crippen LogP contribution in [0.5, 0.6) is 11.5 Å². The number of hydrogen-bond acceptors (Lipinski definition) is 6. The summed E-state index contributed by atoms with van der Waals surface area (Å²) in [6, 6.07) is 13.5. The number of ether oxygens (including phenoxy) is 2. The number of benzene rings is 2. The summed E-state index contributed by atoms with van der Waals surface area (Å²) in [4.78, 5) is 8.00. The maximum Gasteiger partial charge on any atom is 0.127 e. The van der Waals surface area contributed by atoms with Crippen LogP contribution in [0.2, 0.25) is 5.02 Å². The Morgan fingerprint density at radius 2 is 1.81 bits per heavy atom. The fourth-order valence-electron chi connectivity index (χ4n) is 4.89. The number of aliphatic hydroxyl groups excluding tert-OH is 1. The number of aliphatic hydroxyl groups is 1. The molecule has 1 aliphatic heterocycles. The van der Waals surface area contributed by atoms with Crippen molar-refractivity contribution in [2.24, 2.45) is 5.41 Å².